The van der Waals surface area contributed by atoms with E-state index in [9.17, 15) is 28.8 Å². The van der Waals surface area contributed by atoms with Crippen LogP contribution in [0.15, 0.2) is 84.9 Å². The number of carbonyl (C=O) groups is 6. The first kappa shape index (κ1) is 30.7. The summed E-state index contributed by atoms with van der Waals surface area (Å²) in [5.74, 6) is -3.60. The zero-order chi connectivity index (χ0) is 33.4. The molecule has 4 amide bonds. The van der Waals surface area contributed by atoms with Crippen molar-refractivity contribution in [2.75, 3.05) is 0 Å². The van der Waals surface area contributed by atoms with E-state index in [0.717, 1.165) is 70.2 Å². The highest BCUT2D eigenvalue weighted by molar-refractivity contribution is 6.03. The molecule has 10 nitrogen and oxygen atoms in total. The lowest BCUT2D eigenvalue weighted by molar-refractivity contribution is -0.173. The van der Waals surface area contributed by atoms with Gasteiger partial charge in [0.25, 0.3) is 23.6 Å². The van der Waals surface area contributed by atoms with Gasteiger partial charge >= 0.3 is 11.9 Å². The van der Waals surface area contributed by atoms with Gasteiger partial charge in [0.1, 0.15) is 0 Å². The van der Waals surface area contributed by atoms with Crippen LogP contribution in [0.1, 0.15) is 68.7 Å². The van der Waals surface area contributed by atoms with Crippen molar-refractivity contribution in [1.29, 1.82) is 0 Å². The standard InChI is InChI=1S/C38H30N2O8/c41-33-17-18-34(42)39(33)47-37(45)29-13-9-27(10-14-29)31-21-23-1-5-25(31)8-4-24-2-6-26(7-3-23)32(22-24)28-11-15-30(16-12-28)38(46)48-40-35(43)19-20-36(40)44/h1-2,5-6,9-16,21-22H,3-4,7-8,17-20H2. The van der Waals surface area contributed by atoms with Crippen LogP contribution in [0.5, 0.6) is 0 Å². The predicted molar refractivity (Wildman–Crippen MR) is 172 cm³/mol. The third-order valence-corrected chi connectivity index (χ3v) is 8.94. The summed E-state index contributed by atoms with van der Waals surface area (Å²) >= 11 is 0. The monoisotopic (exact) mass is 642 g/mol. The smallest absolute Gasteiger partial charge is 0.325 e. The summed E-state index contributed by atoms with van der Waals surface area (Å²) in [4.78, 5) is 82.8. The van der Waals surface area contributed by atoms with E-state index in [-0.39, 0.29) is 36.8 Å². The van der Waals surface area contributed by atoms with Gasteiger partial charge in [0.2, 0.25) is 0 Å². The Morgan fingerprint density at radius 1 is 0.438 bits per heavy atom. The molecular weight excluding hydrogens is 612 g/mol. The summed E-state index contributed by atoms with van der Waals surface area (Å²) in [6, 6.07) is 27.0. The maximum absolute atomic E-state index is 12.6. The molecule has 4 bridgehead atoms. The lowest BCUT2D eigenvalue weighted by atomic mass is 9.87. The highest BCUT2D eigenvalue weighted by Gasteiger charge is 2.34. The molecule has 10 rings (SSSR count). The number of benzene rings is 4. The highest BCUT2D eigenvalue weighted by Crippen LogP contribution is 2.32. The molecule has 0 aromatic heterocycles. The highest BCUT2D eigenvalue weighted by atomic mass is 16.7. The molecule has 4 aromatic rings. The number of amides is 4. The first-order valence-electron chi connectivity index (χ1n) is 15.8. The van der Waals surface area contributed by atoms with Gasteiger partial charge in [0.15, 0.2) is 0 Å². The Kier molecular flexibility index (Phi) is 8.14. The van der Waals surface area contributed by atoms with Crippen LogP contribution < -0.4 is 0 Å². The van der Waals surface area contributed by atoms with Crippen LogP contribution in [-0.4, -0.2) is 45.7 Å². The van der Waals surface area contributed by atoms with Crippen molar-refractivity contribution in [3.8, 4) is 22.3 Å². The van der Waals surface area contributed by atoms with Crippen LogP contribution in [-0.2, 0) is 54.5 Å². The number of nitrogens with zero attached hydrogens (tertiary/aromatic N) is 2. The quantitative estimate of drug-likeness (QED) is 0.258. The lowest BCUT2D eigenvalue weighted by Gasteiger charge is -2.18. The van der Waals surface area contributed by atoms with E-state index in [0.29, 0.717) is 10.1 Å². The van der Waals surface area contributed by atoms with Crippen molar-refractivity contribution in [3.05, 3.63) is 118 Å². The summed E-state index contributed by atoms with van der Waals surface area (Å²) in [6.45, 7) is 0. The molecule has 0 radical (unpaired) electrons. The summed E-state index contributed by atoms with van der Waals surface area (Å²) < 4.78 is 0. The number of hydrogen-bond donors (Lipinski definition) is 0. The van der Waals surface area contributed by atoms with Gasteiger partial charge in [-0.05, 0) is 94.5 Å². The van der Waals surface area contributed by atoms with Gasteiger partial charge in [-0.2, -0.15) is 0 Å². The first-order chi connectivity index (χ1) is 23.2. The molecule has 0 spiro atoms. The van der Waals surface area contributed by atoms with Gasteiger partial charge in [-0.1, -0.05) is 60.7 Å². The second kappa shape index (κ2) is 12.7. The molecule has 2 heterocycles. The Morgan fingerprint density at radius 2 is 0.792 bits per heavy atom. The molecule has 4 aromatic carbocycles. The van der Waals surface area contributed by atoms with E-state index >= 15 is 0 Å². The van der Waals surface area contributed by atoms with Crippen molar-refractivity contribution in [1.82, 2.24) is 10.1 Å². The molecule has 0 unspecified atom stereocenters. The Hall–Kier alpha value is -5.90. The Morgan fingerprint density at radius 3 is 1.15 bits per heavy atom. The second-order valence-electron chi connectivity index (χ2n) is 12.1. The average Bonchev–Trinajstić information content (AvgIpc) is 3.59. The molecule has 10 heteroatoms. The number of carbonyl (C=O) groups excluding carboxylic acids is 6. The lowest BCUT2D eigenvalue weighted by Crippen LogP contribution is -2.32. The fraction of sp³-hybridized carbons (Fsp3) is 0.211. The molecule has 0 N–H and O–H groups in total. The van der Waals surface area contributed by atoms with Crippen LogP contribution in [0.3, 0.4) is 0 Å². The molecule has 48 heavy (non-hydrogen) atoms. The van der Waals surface area contributed by atoms with E-state index in [1.54, 1.807) is 24.3 Å². The van der Waals surface area contributed by atoms with Gasteiger partial charge in [0.05, 0.1) is 11.1 Å². The fourth-order valence-electron chi connectivity index (χ4n) is 6.25. The summed E-state index contributed by atoms with van der Waals surface area (Å²) in [5.41, 5.74) is 9.16. The summed E-state index contributed by atoms with van der Waals surface area (Å²) in [5, 5.41) is 1.10. The van der Waals surface area contributed by atoms with Crippen molar-refractivity contribution in [2.45, 2.75) is 51.4 Å². The number of aryl methyl sites for hydroxylation is 4. The van der Waals surface area contributed by atoms with Crippen molar-refractivity contribution < 1.29 is 38.4 Å². The molecule has 2 saturated heterocycles. The van der Waals surface area contributed by atoms with E-state index in [2.05, 4.69) is 36.4 Å². The van der Waals surface area contributed by atoms with Gasteiger partial charge < -0.3 is 9.68 Å². The number of rotatable bonds is 6. The minimum Gasteiger partial charge on any atom is -0.325 e. The van der Waals surface area contributed by atoms with Crippen molar-refractivity contribution >= 4 is 35.6 Å². The minimum atomic E-state index is -0.760. The Bertz CT molecular complexity index is 1820. The molecule has 2 fully saturated rings. The Balaban J connectivity index is 1.08. The zero-order valence-electron chi connectivity index (χ0n) is 25.9. The first-order valence-corrected chi connectivity index (χ1v) is 15.8. The third kappa shape index (κ3) is 6.12. The van der Waals surface area contributed by atoms with Crippen LogP contribution in [0.4, 0.5) is 0 Å². The SMILES string of the molecule is O=C(ON1C(=O)CCC1=O)c1ccc(-c2cc3ccc2CCc2ccc(c(-c4ccc(C(=O)ON5C(=O)CCC5=O)cc4)c2)CC3)cc1. The van der Waals surface area contributed by atoms with Gasteiger partial charge in [0, 0.05) is 25.7 Å². The van der Waals surface area contributed by atoms with E-state index in [1.165, 1.54) is 0 Å². The maximum atomic E-state index is 12.6. The van der Waals surface area contributed by atoms with Gasteiger partial charge in [-0.25, -0.2) is 9.59 Å². The minimum absolute atomic E-state index is 0.0370. The van der Waals surface area contributed by atoms with Crippen LogP contribution in [0, 0.1) is 0 Å². The molecule has 6 aliphatic rings. The number of hydroxylamine groups is 4. The molecule has 240 valence electrons. The van der Waals surface area contributed by atoms with Crippen molar-refractivity contribution in [3.63, 3.8) is 0 Å². The largest absolute Gasteiger partial charge is 0.363 e. The van der Waals surface area contributed by atoms with E-state index in [1.807, 2.05) is 24.3 Å². The van der Waals surface area contributed by atoms with Gasteiger partial charge in [-0.3, -0.25) is 19.2 Å². The molecule has 2 aliphatic heterocycles. The average molecular weight is 643 g/mol. The topological polar surface area (TPSA) is 127 Å². The van der Waals surface area contributed by atoms with Crippen LogP contribution in [0.2, 0.25) is 0 Å². The van der Waals surface area contributed by atoms with Crippen LogP contribution in [0.25, 0.3) is 22.3 Å². The van der Waals surface area contributed by atoms with Crippen LogP contribution >= 0.6 is 0 Å². The molecule has 0 saturated carbocycles. The second-order valence-corrected chi connectivity index (χ2v) is 12.1. The van der Waals surface area contributed by atoms with Gasteiger partial charge in [-0.15, -0.1) is 10.1 Å². The molecule has 0 atom stereocenters. The maximum Gasteiger partial charge on any atom is 0.363 e. The molecule has 4 aliphatic carbocycles. The fourth-order valence-corrected chi connectivity index (χ4v) is 6.25. The zero-order valence-corrected chi connectivity index (χ0v) is 25.9. The third-order valence-electron chi connectivity index (χ3n) is 8.94. The molecular formula is C38H30N2O8. The normalized spacial score (nSPS) is 15.9. The Labute approximate surface area is 275 Å². The summed E-state index contributed by atoms with van der Waals surface area (Å²) in [6.07, 6.45) is 3.26. The van der Waals surface area contributed by atoms with E-state index in [4.69, 9.17) is 9.68 Å². The number of imide groups is 2. The summed E-state index contributed by atoms with van der Waals surface area (Å²) in [7, 11) is 0. The predicted octanol–water partition coefficient (Wildman–Crippen LogP) is 5.35. The van der Waals surface area contributed by atoms with E-state index < -0.39 is 35.6 Å². The van der Waals surface area contributed by atoms with Crippen molar-refractivity contribution in [2.24, 2.45) is 0 Å². The number of hydrogen-bond acceptors (Lipinski definition) is 8.